The number of carbonyl (C=O) groups excluding carboxylic acids is 2. The molecule has 1 aromatic heterocycles. The van der Waals surface area contributed by atoms with E-state index in [1.165, 1.54) is 0 Å². The van der Waals surface area contributed by atoms with Crippen molar-refractivity contribution in [2.75, 3.05) is 0 Å². The summed E-state index contributed by atoms with van der Waals surface area (Å²) in [6.07, 6.45) is 2.84. The van der Waals surface area contributed by atoms with Gasteiger partial charge in [-0.25, -0.2) is 10.3 Å². The fraction of sp³-hybridized carbons (Fsp3) is 0.353. The largest absolute Gasteiger partial charge is 0.444 e. The van der Waals surface area contributed by atoms with Gasteiger partial charge in [-0.15, -0.1) is 0 Å². The summed E-state index contributed by atoms with van der Waals surface area (Å²) in [4.78, 5) is 23.9. The number of nitrogens with one attached hydrogen (secondary N) is 2. The van der Waals surface area contributed by atoms with Crippen molar-refractivity contribution in [3.05, 3.63) is 42.2 Å². The number of amides is 2. The van der Waals surface area contributed by atoms with Crippen LogP contribution in [-0.4, -0.2) is 32.6 Å². The van der Waals surface area contributed by atoms with E-state index in [0.717, 1.165) is 11.1 Å². The molecule has 1 atom stereocenters. The average molecular weight is 346 g/mol. The van der Waals surface area contributed by atoms with Crippen LogP contribution in [0.3, 0.4) is 0 Å². The number of alkyl carbamates (subject to hydrolysis) is 1. The van der Waals surface area contributed by atoms with Crippen LogP contribution in [0.25, 0.3) is 11.1 Å². The maximum atomic E-state index is 11.9. The third kappa shape index (κ3) is 5.05. The Balaban J connectivity index is 2.20. The van der Waals surface area contributed by atoms with Crippen molar-refractivity contribution in [3.8, 4) is 11.1 Å². The smallest absolute Gasteiger partial charge is 0.408 e. The Morgan fingerprint density at radius 3 is 2.32 bits per heavy atom. The number of hydroxylamine groups is 1. The van der Waals surface area contributed by atoms with Gasteiger partial charge in [-0.1, -0.05) is 24.3 Å². The van der Waals surface area contributed by atoms with Crippen LogP contribution in [-0.2, 0) is 16.6 Å². The van der Waals surface area contributed by atoms with Gasteiger partial charge in [-0.3, -0.25) is 14.7 Å². The molecule has 0 saturated carbocycles. The number of ether oxygens (including phenoxy) is 1. The van der Waals surface area contributed by atoms with Gasteiger partial charge in [0.2, 0.25) is 0 Å². The molecule has 0 bridgehead atoms. The maximum Gasteiger partial charge on any atom is 0.408 e. The van der Waals surface area contributed by atoms with Crippen molar-refractivity contribution in [2.24, 2.45) is 7.05 Å². The highest BCUT2D eigenvalue weighted by Crippen LogP contribution is 2.22. The van der Waals surface area contributed by atoms with Gasteiger partial charge in [0.15, 0.2) is 0 Å². The lowest BCUT2D eigenvalue weighted by Crippen LogP contribution is -2.41. The lowest BCUT2D eigenvalue weighted by atomic mass is 10.0. The van der Waals surface area contributed by atoms with Gasteiger partial charge in [-0.05, 0) is 31.9 Å². The number of rotatable bonds is 4. The molecule has 1 aromatic carbocycles. The third-order valence-electron chi connectivity index (χ3n) is 3.32. The van der Waals surface area contributed by atoms with Gasteiger partial charge >= 0.3 is 6.09 Å². The third-order valence-corrected chi connectivity index (χ3v) is 3.32. The molecular weight excluding hydrogens is 324 g/mol. The van der Waals surface area contributed by atoms with Crippen LogP contribution in [0.1, 0.15) is 32.4 Å². The normalized spacial score (nSPS) is 12.4. The number of carbonyl (C=O) groups is 2. The van der Waals surface area contributed by atoms with E-state index in [1.54, 1.807) is 61.4 Å². The fourth-order valence-electron chi connectivity index (χ4n) is 2.23. The topological polar surface area (TPSA) is 105 Å². The molecule has 0 fully saturated rings. The molecule has 0 aliphatic carbocycles. The zero-order valence-electron chi connectivity index (χ0n) is 14.6. The summed E-state index contributed by atoms with van der Waals surface area (Å²) in [6.45, 7) is 5.16. The van der Waals surface area contributed by atoms with Crippen molar-refractivity contribution >= 4 is 12.0 Å². The highest BCUT2D eigenvalue weighted by atomic mass is 16.6. The van der Waals surface area contributed by atoms with E-state index in [1.807, 2.05) is 13.2 Å². The molecule has 0 unspecified atom stereocenters. The molecule has 8 heteroatoms. The Bertz CT molecular complexity index is 747. The Labute approximate surface area is 145 Å². The highest BCUT2D eigenvalue weighted by Gasteiger charge is 2.25. The monoisotopic (exact) mass is 346 g/mol. The second-order valence-corrected chi connectivity index (χ2v) is 6.58. The van der Waals surface area contributed by atoms with Gasteiger partial charge in [0, 0.05) is 18.8 Å². The minimum absolute atomic E-state index is 0.505. The fourth-order valence-corrected chi connectivity index (χ4v) is 2.23. The Morgan fingerprint density at radius 2 is 1.84 bits per heavy atom. The van der Waals surface area contributed by atoms with Crippen molar-refractivity contribution in [2.45, 2.75) is 32.4 Å². The number of aryl methyl sites for hydroxylation is 1. The summed E-state index contributed by atoms with van der Waals surface area (Å²) < 4.78 is 6.85. The summed E-state index contributed by atoms with van der Waals surface area (Å²) >= 11 is 0. The van der Waals surface area contributed by atoms with Crippen molar-refractivity contribution < 1.29 is 19.5 Å². The van der Waals surface area contributed by atoms with E-state index in [4.69, 9.17) is 9.94 Å². The summed E-state index contributed by atoms with van der Waals surface area (Å²) in [5.74, 6) is -0.764. The number of benzene rings is 1. The molecule has 134 valence electrons. The molecule has 3 N–H and O–H groups in total. The maximum absolute atomic E-state index is 11.9. The van der Waals surface area contributed by atoms with Crippen LogP contribution in [0.15, 0.2) is 36.7 Å². The first-order valence-corrected chi connectivity index (χ1v) is 7.72. The quantitative estimate of drug-likeness (QED) is 0.581. The van der Waals surface area contributed by atoms with Crippen LogP contribution in [0.2, 0.25) is 0 Å². The molecule has 25 heavy (non-hydrogen) atoms. The highest BCUT2D eigenvalue weighted by molar-refractivity contribution is 5.86. The number of hydrogen-bond acceptors (Lipinski definition) is 5. The standard InChI is InChI=1S/C17H22N4O4/c1-17(2,3)25-16(23)19-14(15(22)20-24)12-7-5-11(6-8-12)13-9-18-21(4)10-13/h5-10,14,24H,1-4H3,(H,19,23)(H,20,22)/t14-/m0/s1. The second kappa shape index (κ2) is 7.35. The van der Waals surface area contributed by atoms with Crippen molar-refractivity contribution in [1.29, 1.82) is 0 Å². The van der Waals surface area contributed by atoms with Gasteiger partial charge < -0.3 is 10.1 Å². The molecule has 2 rings (SSSR count). The summed E-state index contributed by atoms with van der Waals surface area (Å²) in [5, 5.41) is 15.5. The summed E-state index contributed by atoms with van der Waals surface area (Å²) in [7, 11) is 1.82. The first kappa shape index (κ1) is 18.5. The predicted molar refractivity (Wildman–Crippen MR) is 90.7 cm³/mol. The molecule has 2 amide bonds. The van der Waals surface area contributed by atoms with Crippen LogP contribution >= 0.6 is 0 Å². The minimum atomic E-state index is -1.08. The van der Waals surface area contributed by atoms with E-state index in [0.29, 0.717) is 5.56 Å². The minimum Gasteiger partial charge on any atom is -0.444 e. The first-order chi connectivity index (χ1) is 11.7. The predicted octanol–water partition coefficient (Wildman–Crippen LogP) is 2.16. The van der Waals surface area contributed by atoms with Gasteiger partial charge in [0.05, 0.1) is 6.20 Å². The van der Waals surface area contributed by atoms with Gasteiger partial charge in [-0.2, -0.15) is 5.10 Å². The number of nitrogens with zero attached hydrogens (tertiary/aromatic N) is 2. The van der Waals surface area contributed by atoms with E-state index >= 15 is 0 Å². The van der Waals surface area contributed by atoms with Crippen LogP contribution < -0.4 is 10.8 Å². The molecule has 2 aromatic rings. The van der Waals surface area contributed by atoms with E-state index < -0.39 is 23.6 Å². The molecule has 0 saturated heterocycles. The van der Waals surface area contributed by atoms with E-state index in [2.05, 4.69) is 10.4 Å². The number of hydrogen-bond donors (Lipinski definition) is 3. The average Bonchev–Trinajstić information content (AvgIpc) is 2.97. The second-order valence-electron chi connectivity index (χ2n) is 6.58. The molecule has 8 nitrogen and oxygen atoms in total. The Hall–Kier alpha value is -2.87. The van der Waals surface area contributed by atoms with Crippen LogP contribution in [0.4, 0.5) is 4.79 Å². The lowest BCUT2D eigenvalue weighted by Gasteiger charge is -2.23. The van der Waals surface area contributed by atoms with E-state index in [9.17, 15) is 9.59 Å². The Kier molecular flexibility index (Phi) is 5.43. The van der Waals surface area contributed by atoms with Crippen LogP contribution in [0, 0.1) is 0 Å². The first-order valence-electron chi connectivity index (χ1n) is 7.72. The zero-order chi connectivity index (χ0) is 18.6. The molecule has 0 aliphatic rings. The SMILES string of the molecule is Cn1cc(-c2ccc([C@H](NC(=O)OC(C)(C)C)C(=O)NO)cc2)cn1. The lowest BCUT2D eigenvalue weighted by molar-refractivity contribution is -0.131. The van der Waals surface area contributed by atoms with E-state index in [-0.39, 0.29) is 0 Å². The van der Waals surface area contributed by atoms with Gasteiger partial charge in [0.25, 0.3) is 5.91 Å². The van der Waals surface area contributed by atoms with Crippen molar-refractivity contribution in [1.82, 2.24) is 20.6 Å². The molecule has 0 radical (unpaired) electrons. The summed E-state index contributed by atoms with van der Waals surface area (Å²) in [5.41, 5.74) is 3.21. The molecule has 0 spiro atoms. The molecule has 1 heterocycles. The number of aromatic nitrogens is 2. The van der Waals surface area contributed by atoms with Crippen molar-refractivity contribution in [3.63, 3.8) is 0 Å². The van der Waals surface area contributed by atoms with Crippen LogP contribution in [0.5, 0.6) is 0 Å². The van der Waals surface area contributed by atoms with Gasteiger partial charge in [0.1, 0.15) is 11.6 Å². The summed E-state index contributed by atoms with van der Waals surface area (Å²) in [6, 6.07) is 5.92. The zero-order valence-corrected chi connectivity index (χ0v) is 14.6. The Morgan fingerprint density at radius 1 is 1.20 bits per heavy atom. The molecule has 0 aliphatic heterocycles. The molecular formula is C17H22N4O4.